The fraction of sp³-hybridized carbons (Fsp3) is 0.552. The van der Waals surface area contributed by atoms with Crippen LogP contribution in [0.3, 0.4) is 0 Å². The maximum absolute atomic E-state index is 14.5. The zero-order valence-electron chi connectivity index (χ0n) is 22.4. The quantitative estimate of drug-likeness (QED) is 0.490. The van der Waals surface area contributed by atoms with Gasteiger partial charge in [-0.05, 0) is 57.2 Å². The van der Waals surface area contributed by atoms with Crippen molar-refractivity contribution in [2.45, 2.75) is 57.3 Å². The van der Waals surface area contributed by atoms with E-state index in [0.717, 1.165) is 16.8 Å². The minimum Gasteiger partial charge on any atom is -0.396 e. The van der Waals surface area contributed by atoms with E-state index < -0.39 is 29.1 Å². The molecule has 4 rings (SSSR count). The maximum Gasteiger partial charge on any atom is 0.253 e. The van der Waals surface area contributed by atoms with Gasteiger partial charge in [0.1, 0.15) is 11.6 Å². The molecule has 0 radical (unpaired) electrons. The van der Waals surface area contributed by atoms with E-state index in [2.05, 4.69) is 13.2 Å². The highest BCUT2D eigenvalue weighted by molar-refractivity contribution is 6.05. The molecule has 200 valence electrons. The first-order chi connectivity index (χ1) is 17.6. The van der Waals surface area contributed by atoms with Crippen LogP contribution in [-0.4, -0.2) is 83.2 Å². The molecule has 5 atom stereocenters. The highest BCUT2D eigenvalue weighted by Crippen LogP contribution is 2.63. The summed E-state index contributed by atoms with van der Waals surface area (Å²) in [5.41, 5.74) is 0.766. The Morgan fingerprint density at radius 2 is 1.89 bits per heavy atom. The van der Waals surface area contributed by atoms with Crippen molar-refractivity contribution in [3.63, 3.8) is 0 Å². The molecule has 2 unspecified atom stereocenters. The highest BCUT2D eigenvalue weighted by atomic mass is 16.5. The fourth-order valence-corrected chi connectivity index (χ4v) is 6.68. The van der Waals surface area contributed by atoms with Crippen molar-refractivity contribution in [3.8, 4) is 0 Å². The lowest BCUT2D eigenvalue weighted by molar-refractivity contribution is -0.149. The summed E-state index contributed by atoms with van der Waals surface area (Å²) in [5.74, 6) is -2.13. The van der Waals surface area contributed by atoms with Crippen molar-refractivity contribution >= 4 is 23.4 Å². The van der Waals surface area contributed by atoms with Crippen molar-refractivity contribution < 1.29 is 24.2 Å². The minimum atomic E-state index is -1.11. The van der Waals surface area contributed by atoms with E-state index in [1.165, 1.54) is 0 Å². The van der Waals surface area contributed by atoms with Gasteiger partial charge in [0.2, 0.25) is 11.8 Å². The maximum atomic E-state index is 14.5. The Kier molecular flexibility index (Phi) is 7.36. The van der Waals surface area contributed by atoms with Gasteiger partial charge in [0.15, 0.2) is 0 Å². The molecule has 1 spiro atoms. The molecule has 3 saturated heterocycles. The average molecular weight is 510 g/mol. The Labute approximate surface area is 219 Å². The molecule has 8 heteroatoms. The molecule has 1 aromatic carbocycles. The van der Waals surface area contributed by atoms with Gasteiger partial charge in [0.25, 0.3) is 5.91 Å². The summed E-state index contributed by atoms with van der Waals surface area (Å²) < 4.78 is 6.69. The molecule has 3 aliphatic rings. The van der Waals surface area contributed by atoms with Gasteiger partial charge in [-0.1, -0.05) is 24.3 Å². The molecule has 0 aromatic heterocycles. The monoisotopic (exact) mass is 509 g/mol. The summed E-state index contributed by atoms with van der Waals surface area (Å²) in [5, 5.41) is 9.57. The topological polar surface area (TPSA) is 90.4 Å². The number of likely N-dealkylation sites (N-methyl/N-ethyl adjacent to an activating group) is 1. The molecule has 1 N–H and O–H groups in total. The molecule has 1 aromatic rings. The van der Waals surface area contributed by atoms with Crippen LogP contribution in [0.15, 0.2) is 43.5 Å². The van der Waals surface area contributed by atoms with Gasteiger partial charge >= 0.3 is 0 Å². The molecular formula is C29H39N3O5. The molecule has 0 saturated carbocycles. The molecule has 3 aliphatic heterocycles. The van der Waals surface area contributed by atoms with Crippen molar-refractivity contribution in [2.24, 2.45) is 11.8 Å². The Bertz CT molecular complexity index is 1120. The van der Waals surface area contributed by atoms with E-state index in [4.69, 9.17) is 4.74 Å². The first-order valence-corrected chi connectivity index (χ1v) is 13.0. The zero-order chi connectivity index (χ0) is 27.1. The van der Waals surface area contributed by atoms with Gasteiger partial charge in [0.05, 0.1) is 17.4 Å². The third-order valence-electron chi connectivity index (χ3n) is 8.35. The van der Waals surface area contributed by atoms with Gasteiger partial charge in [-0.2, -0.15) is 0 Å². The number of carbonyl (C=O) groups excluding carboxylic acids is 3. The third-order valence-corrected chi connectivity index (χ3v) is 8.35. The minimum absolute atomic E-state index is 0.112. The molecule has 3 fully saturated rings. The van der Waals surface area contributed by atoms with Gasteiger partial charge in [-0.25, -0.2) is 0 Å². The molecular weight excluding hydrogens is 470 g/mol. The van der Waals surface area contributed by atoms with Crippen molar-refractivity contribution in [3.05, 3.63) is 54.6 Å². The Morgan fingerprint density at radius 1 is 1.19 bits per heavy atom. The number of nitrogens with zero attached hydrogens (tertiary/aromatic N) is 3. The number of benzene rings is 1. The number of aliphatic hydroxyl groups excluding tert-OH is 1. The number of amides is 3. The molecule has 37 heavy (non-hydrogen) atoms. The molecule has 0 aliphatic carbocycles. The van der Waals surface area contributed by atoms with Crippen LogP contribution >= 0.6 is 0 Å². The Balaban J connectivity index is 1.82. The number of carbonyl (C=O) groups is 3. The molecule has 3 amide bonds. The SMILES string of the molecule is C=CCN(C)C(=O)[C@H]1[C@H]2C(=O)N(CCCO)C(C(=O)N(CC=C)c3cc(C)ccc3C)C23CC[C@]1(C)O3. The van der Waals surface area contributed by atoms with E-state index in [-0.39, 0.29) is 37.4 Å². The molecule has 3 heterocycles. The van der Waals surface area contributed by atoms with Crippen molar-refractivity contribution in [1.82, 2.24) is 9.80 Å². The summed E-state index contributed by atoms with van der Waals surface area (Å²) in [6, 6.07) is 5.03. The number of ether oxygens (including phenoxy) is 1. The predicted octanol–water partition coefficient (Wildman–Crippen LogP) is 2.61. The summed E-state index contributed by atoms with van der Waals surface area (Å²) in [4.78, 5) is 47.0. The number of fused-ring (bicyclic) bond motifs is 1. The largest absolute Gasteiger partial charge is 0.396 e. The summed E-state index contributed by atoms with van der Waals surface area (Å²) in [7, 11) is 1.70. The molecule has 2 bridgehead atoms. The third kappa shape index (κ3) is 4.20. The van der Waals surface area contributed by atoms with Crippen LogP contribution in [0.1, 0.15) is 37.3 Å². The van der Waals surface area contributed by atoms with Crippen molar-refractivity contribution in [1.29, 1.82) is 0 Å². The van der Waals surface area contributed by atoms with Gasteiger partial charge in [0, 0.05) is 39.0 Å². The number of aliphatic hydroxyl groups is 1. The van der Waals surface area contributed by atoms with Gasteiger partial charge in [-0.3, -0.25) is 14.4 Å². The number of rotatable bonds is 10. The second-order valence-corrected chi connectivity index (χ2v) is 10.9. The van der Waals surface area contributed by atoms with E-state index in [1.807, 2.05) is 39.0 Å². The molecule has 8 nitrogen and oxygen atoms in total. The number of hydrogen-bond donors (Lipinski definition) is 1. The highest BCUT2D eigenvalue weighted by Gasteiger charge is 2.78. The summed E-state index contributed by atoms with van der Waals surface area (Å²) in [6.07, 6.45) is 4.75. The van der Waals surface area contributed by atoms with Crippen LogP contribution in [-0.2, 0) is 19.1 Å². The van der Waals surface area contributed by atoms with E-state index in [1.54, 1.807) is 33.9 Å². The van der Waals surface area contributed by atoms with E-state index in [0.29, 0.717) is 25.8 Å². The number of hydrogen-bond acceptors (Lipinski definition) is 5. The lowest BCUT2D eigenvalue weighted by atomic mass is 9.66. The first kappa shape index (κ1) is 27.1. The Morgan fingerprint density at radius 3 is 2.54 bits per heavy atom. The second-order valence-electron chi connectivity index (χ2n) is 10.9. The number of aryl methyl sites for hydroxylation is 2. The lowest BCUT2D eigenvalue weighted by Gasteiger charge is -2.37. The normalized spacial score (nSPS) is 29.8. The second kappa shape index (κ2) is 10.1. The number of likely N-dealkylation sites (tertiary alicyclic amines) is 1. The zero-order valence-corrected chi connectivity index (χ0v) is 22.4. The number of anilines is 1. The predicted molar refractivity (Wildman–Crippen MR) is 142 cm³/mol. The van der Waals surface area contributed by atoms with Crippen LogP contribution in [0, 0.1) is 25.7 Å². The van der Waals surface area contributed by atoms with E-state index in [9.17, 15) is 19.5 Å². The first-order valence-electron chi connectivity index (χ1n) is 13.0. The van der Waals surface area contributed by atoms with Gasteiger partial charge < -0.3 is 24.5 Å². The Hall–Kier alpha value is -2.97. The van der Waals surface area contributed by atoms with Crippen LogP contribution in [0.2, 0.25) is 0 Å². The fourth-order valence-electron chi connectivity index (χ4n) is 6.68. The summed E-state index contributed by atoms with van der Waals surface area (Å²) >= 11 is 0. The standard InChI is InChI=1S/C29H39N3O5/c1-7-14-30(6)25(34)22-23-26(35)32(16-9-17-33)24(29(23)13-12-28(22,5)37-29)27(36)31(15-8-2)21-18-19(3)10-11-20(21)4/h7-8,10-11,18,22-24,33H,1-2,9,12-17H2,3-6H3/t22-,23+,24?,28+,29?/m1/s1. The van der Waals surface area contributed by atoms with Crippen molar-refractivity contribution in [2.75, 3.05) is 38.2 Å². The average Bonchev–Trinajstić information content (AvgIpc) is 3.42. The van der Waals surface area contributed by atoms with Crippen LogP contribution < -0.4 is 4.90 Å². The lowest BCUT2D eigenvalue weighted by Crippen LogP contribution is -2.56. The van der Waals surface area contributed by atoms with Gasteiger partial charge in [-0.15, -0.1) is 13.2 Å². The summed E-state index contributed by atoms with van der Waals surface area (Å²) in [6.45, 7) is 14.1. The van der Waals surface area contributed by atoms with Crippen LogP contribution in [0.25, 0.3) is 0 Å². The smallest absolute Gasteiger partial charge is 0.253 e. The van der Waals surface area contributed by atoms with E-state index >= 15 is 0 Å². The van der Waals surface area contributed by atoms with Crippen LogP contribution in [0.5, 0.6) is 0 Å². The van der Waals surface area contributed by atoms with Crippen LogP contribution in [0.4, 0.5) is 5.69 Å².